The number of nitro groups is 1. The number of rotatable bonds is 4. The van der Waals surface area contributed by atoms with Gasteiger partial charge in [-0.05, 0) is 6.07 Å². The number of carbonyl (C=O) groups is 1. The molecule has 0 saturated heterocycles. The topological polar surface area (TPSA) is 109 Å². The first-order valence-corrected chi connectivity index (χ1v) is 5.58. The Kier molecular flexibility index (Phi) is 3.28. The molecular weight excluding hydrogens is 258 g/mol. The number of imidazole rings is 1. The van der Waals surface area contributed by atoms with Gasteiger partial charge in [-0.2, -0.15) is 0 Å². The number of H-pyrrole nitrogens is 1. The number of aromatic carboxylic acids is 1. The smallest absolute Gasteiger partial charge is 0.337 e. The molecule has 2 N–H and O–H groups in total. The van der Waals surface area contributed by atoms with E-state index >= 15 is 0 Å². The van der Waals surface area contributed by atoms with Crippen LogP contribution in [0.2, 0.25) is 0 Å². The maximum atomic E-state index is 11.1. The van der Waals surface area contributed by atoms with Crippen LogP contribution in [0.4, 0.5) is 5.69 Å². The highest BCUT2D eigenvalue weighted by Crippen LogP contribution is 2.30. The lowest BCUT2D eigenvalue weighted by molar-refractivity contribution is -0.384. The molecule has 0 aliphatic heterocycles. The summed E-state index contributed by atoms with van der Waals surface area (Å²) < 4.78 is 0. The van der Waals surface area contributed by atoms with E-state index in [1.54, 1.807) is 6.20 Å². The highest BCUT2D eigenvalue weighted by Gasteiger charge is 2.17. The Morgan fingerprint density at radius 1 is 1.50 bits per heavy atom. The molecule has 0 aliphatic carbocycles. The molecule has 92 valence electrons. The molecule has 0 saturated carbocycles. The summed E-state index contributed by atoms with van der Waals surface area (Å²) in [5.74, 6) is -1.22. The van der Waals surface area contributed by atoms with Gasteiger partial charge >= 0.3 is 5.97 Å². The van der Waals surface area contributed by atoms with Crippen LogP contribution in [-0.4, -0.2) is 26.0 Å². The molecular formula is C10H7N3O4S. The molecule has 2 aromatic rings. The summed E-state index contributed by atoms with van der Waals surface area (Å²) in [4.78, 5) is 28.2. The van der Waals surface area contributed by atoms with Crippen LogP contribution in [0.3, 0.4) is 0 Å². The van der Waals surface area contributed by atoms with Gasteiger partial charge in [0.1, 0.15) is 0 Å². The third kappa shape index (κ3) is 2.48. The van der Waals surface area contributed by atoms with Crippen molar-refractivity contribution in [1.82, 2.24) is 9.97 Å². The predicted molar refractivity (Wildman–Crippen MR) is 62.8 cm³/mol. The summed E-state index contributed by atoms with van der Waals surface area (Å²) in [5, 5.41) is 20.1. The van der Waals surface area contributed by atoms with E-state index in [1.807, 2.05) is 0 Å². The number of carboxylic acid groups (broad SMARTS) is 1. The van der Waals surface area contributed by atoms with Crippen molar-refractivity contribution in [2.45, 2.75) is 10.1 Å². The molecule has 1 aromatic carbocycles. The summed E-state index contributed by atoms with van der Waals surface area (Å²) in [6, 6.07) is 3.69. The quantitative estimate of drug-likeness (QED) is 0.647. The minimum Gasteiger partial charge on any atom is -0.478 e. The molecule has 0 fully saturated rings. The summed E-state index contributed by atoms with van der Waals surface area (Å²) >= 11 is 1.10. The van der Waals surface area contributed by atoms with E-state index in [2.05, 4.69) is 9.97 Å². The molecule has 0 radical (unpaired) electrons. The van der Waals surface area contributed by atoms with E-state index in [9.17, 15) is 14.9 Å². The van der Waals surface area contributed by atoms with E-state index in [-0.39, 0.29) is 11.3 Å². The number of hydrogen-bond acceptors (Lipinski definition) is 5. The van der Waals surface area contributed by atoms with Crippen LogP contribution in [0.25, 0.3) is 0 Å². The minimum atomic E-state index is -1.22. The fraction of sp³-hybridized carbons (Fsp3) is 0. The summed E-state index contributed by atoms with van der Waals surface area (Å²) in [6.45, 7) is 0. The van der Waals surface area contributed by atoms with E-state index in [1.165, 1.54) is 18.3 Å². The van der Waals surface area contributed by atoms with Crippen molar-refractivity contribution in [3.8, 4) is 0 Å². The Balaban J connectivity index is 2.40. The highest BCUT2D eigenvalue weighted by molar-refractivity contribution is 7.99. The lowest BCUT2D eigenvalue weighted by atomic mass is 10.2. The molecule has 1 aromatic heterocycles. The van der Waals surface area contributed by atoms with Crippen molar-refractivity contribution in [2.75, 3.05) is 0 Å². The van der Waals surface area contributed by atoms with Crippen molar-refractivity contribution < 1.29 is 14.8 Å². The standard InChI is InChI=1S/C10H7N3O4S/c14-9(15)7-5-6(13(16)17)1-2-8(7)18-10-11-3-4-12-10/h1-5H,(H,11,12)(H,14,15). The van der Waals surface area contributed by atoms with Gasteiger partial charge in [-0.25, -0.2) is 9.78 Å². The van der Waals surface area contributed by atoms with Gasteiger partial charge in [0.25, 0.3) is 5.69 Å². The first-order valence-electron chi connectivity index (χ1n) is 4.77. The highest BCUT2D eigenvalue weighted by atomic mass is 32.2. The minimum absolute atomic E-state index is 0.120. The number of nitrogens with zero attached hydrogens (tertiary/aromatic N) is 2. The zero-order valence-electron chi connectivity index (χ0n) is 8.86. The Labute approximate surface area is 105 Å². The predicted octanol–water partition coefficient (Wildman–Crippen LogP) is 2.17. The molecule has 0 aliphatic rings. The molecule has 18 heavy (non-hydrogen) atoms. The SMILES string of the molecule is O=C(O)c1cc([N+](=O)[O-])ccc1Sc1ncc[nH]1. The van der Waals surface area contributed by atoms with E-state index in [0.29, 0.717) is 10.1 Å². The number of hydrogen-bond donors (Lipinski definition) is 2. The number of nitrogens with one attached hydrogen (secondary N) is 1. The Bertz CT molecular complexity index is 597. The van der Waals surface area contributed by atoms with E-state index < -0.39 is 10.9 Å². The third-order valence-electron chi connectivity index (χ3n) is 2.08. The number of benzene rings is 1. The Morgan fingerprint density at radius 2 is 2.28 bits per heavy atom. The number of non-ortho nitro benzene ring substituents is 1. The van der Waals surface area contributed by atoms with Gasteiger partial charge in [0.15, 0.2) is 5.16 Å². The number of aromatic nitrogens is 2. The molecule has 1 heterocycles. The molecule has 2 rings (SSSR count). The summed E-state index contributed by atoms with van der Waals surface area (Å²) in [5.41, 5.74) is -0.373. The van der Waals surface area contributed by atoms with Crippen LogP contribution < -0.4 is 0 Å². The normalized spacial score (nSPS) is 10.2. The zero-order chi connectivity index (χ0) is 13.1. The maximum Gasteiger partial charge on any atom is 0.337 e. The number of aromatic amines is 1. The second kappa shape index (κ2) is 4.88. The number of carboxylic acids is 1. The first kappa shape index (κ1) is 12.1. The summed E-state index contributed by atoms with van der Waals surface area (Å²) in [6.07, 6.45) is 3.14. The van der Waals surface area contributed by atoms with Gasteiger partial charge < -0.3 is 10.1 Å². The van der Waals surface area contributed by atoms with Gasteiger partial charge in [0.2, 0.25) is 0 Å². The number of nitro benzene ring substituents is 1. The van der Waals surface area contributed by atoms with Crippen LogP contribution in [0, 0.1) is 10.1 Å². The van der Waals surface area contributed by atoms with Gasteiger partial charge in [-0.1, -0.05) is 11.8 Å². The summed E-state index contributed by atoms with van der Waals surface area (Å²) in [7, 11) is 0. The van der Waals surface area contributed by atoms with Crippen LogP contribution >= 0.6 is 11.8 Å². The first-order chi connectivity index (χ1) is 8.58. The van der Waals surface area contributed by atoms with E-state index in [0.717, 1.165) is 17.8 Å². The molecule has 0 spiro atoms. The Morgan fingerprint density at radius 3 is 2.83 bits per heavy atom. The van der Waals surface area contributed by atoms with Crippen molar-refractivity contribution >= 4 is 23.4 Å². The maximum absolute atomic E-state index is 11.1. The molecule has 7 nitrogen and oxygen atoms in total. The van der Waals surface area contributed by atoms with Crippen LogP contribution in [0.5, 0.6) is 0 Å². The van der Waals surface area contributed by atoms with Crippen molar-refractivity contribution in [1.29, 1.82) is 0 Å². The van der Waals surface area contributed by atoms with Gasteiger partial charge in [-0.15, -0.1) is 0 Å². The average Bonchev–Trinajstić information content (AvgIpc) is 2.81. The second-order valence-electron chi connectivity index (χ2n) is 3.24. The van der Waals surface area contributed by atoms with Crippen molar-refractivity contribution in [3.05, 3.63) is 46.3 Å². The van der Waals surface area contributed by atoms with Gasteiger partial charge in [0.05, 0.1) is 10.5 Å². The van der Waals surface area contributed by atoms with Crippen LogP contribution in [0.1, 0.15) is 10.4 Å². The monoisotopic (exact) mass is 265 g/mol. The molecule has 8 heteroatoms. The average molecular weight is 265 g/mol. The van der Waals surface area contributed by atoms with Crippen molar-refractivity contribution in [2.24, 2.45) is 0 Å². The second-order valence-corrected chi connectivity index (χ2v) is 4.27. The van der Waals surface area contributed by atoms with E-state index in [4.69, 9.17) is 5.11 Å². The Hall–Kier alpha value is -2.35. The van der Waals surface area contributed by atoms with Crippen LogP contribution in [0.15, 0.2) is 40.6 Å². The van der Waals surface area contributed by atoms with Crippen molar-refractivity contribution in [3.63, 3.8) is 0 Å². The fourth-order valence-corrected chi connectivity index (χ4v) is 2.14. The van der Waals surface area contributed by atoms with Gasteiger partial charge in [0, 0.05) is 29.4 Å². The zero-order valence-corrected chi connectivity index (χ0v) is 9.68. The lowest BCUT2D eigenvalue weighted by Crippen LogP contribution is -2.00. The van der Waals surface area contributed by atoms with Gasteiger partial charge in [-0.3, -0.25) is 10.1 Å². The van der Waals surface area contributed by atoms with Crippen LogP contribution in [-0.2, 0) is 0 Å². The third-order valence-corrected chi connectivity index (χ3v) is 3.08. The molecule has 0 amide bonds. The fourth-order valence-electron chi connectivity index (χ4n) is 1.30. The molecule has 0 unspecified atom stereocenters. The molecule has 0 bridgehead atoms. The lowest BCUT2D eigenvalue weighted by Gasteiger charge is -2.03. The largest absolute Gasteiger partial charge is 0.478 e. The molecule has 0 atom stereocenters.